The van der Waals surface area contributed by atoms with Crippen molar-refractivity contribution in [3.8, 4) is 0 Å². The lowest BCUT2D eigenvalue weighted by Gasteiger charge is -2.27. The normalized spacial score (nSPS) is 12.9. The van der Waals surface area contributed by atoms with E-state index in [1.807, 2.05) is 10.9 Å². The Kier molecular flexibility index (Phi) is 2.92. The van der Waals surface area contributed by atoms with Crippen LogP contribution in [0, 0.1) is 0 Å². The minimum Gasteiger partial charge on any atom is -0.246 e. The van der Waals surface area contributed by atoms with Crippen LogP contribution in [0.5, 0.6) is 0 Å². The van der Waals surface area contributed by atoms with Gasteiger partial charge in [-0.15, -0.1) is 10.2 Å². The first-order valence-corrected chi connectivity index (χ1v) is 5.93. The molecule has 98 valence electrons. The summed E-state index contributed by atoms with van der Waals surface area (Å²) < 4.78 is 3.66. The Bertz CT molecular complexity index is 504. The van der Waals surface area contributed by atoms with Gasteiger partial charge in [0.2, 0.25) is 0 Å². The van der Waals surface area contributed by atoms with Crippen LogP contribution < -0.4 is 0 Å². The van der Waals surface area contributed by atoms with Gasteiger partial charge < -0.3 is 0 Å². The van der Waals surface area contributed by atoms with Gasteiger partial charge in [-0.05, 0) is 24.3 Å². The van der Waals surface area contributed by atoms with Crippen LogP contribution in [0.4, 0.5) is 0 Å². The molecule has 0 N–H and O–H groups in total. The Balaban J connectivity index is 2.28. The summed E-state index contributed by atoms with van der Waals surface area (Å²) in [5, 5.41) is 19.5. The molecule has 0 aromatic carbocycles. The lowest BCUT2D eigenvalue weighted by molar-refractivity contribution is 0.246. The molecule has 2 heterocycles. The van der Waals surface area contributed by atoms with Crippen molar-refractivity contribution in [2.24, 2.45) is 0 Å². The van der Waals surface area contributed by atoms with Crippen molar-refractivity contribution in [2.75, 3.05) is 0 Å². The van der Waals surface area contributed by atoms with Gasteiger partial charge in [0.25, 0.3) is 0 Å². The molecule has 0 atom stereocenters. The minimum absolute atomic E-state index is 0.0141. The number of hydrogen-bond acceptors (Lipinski definition) is 5. The maximum absolute atomic E-state index is 4.16. The second kappa shape index (κ2) is 4.15. The van der Waals surface area contributed by atoms with E-state index in [0.717, 1.165) is 5.69 Å². The van der Waals surface area contributed by atoms with Crippen LogP contribution in [0.25, 0.3) is 0 Å². The largest absolute Gasteiger partial charge is 0.246 e. The number of nitrogens with zero attached hydrogens (tertiary/aromatic N) is 7. The Morgan fingerprint density at radius 2 is 1.78 bits per heavy atom. The molecule has 0 unspecified atom stereocenters. The van der Waals surface area contributed by atoms with E-state index in [1.165, 1.54) is 0 Å². The third kappa shape index (κ3) is 2.39. The monoisotopic (exact) mass is 249 g/mol. The molecule has 0 amide bonds. The van der Waals surface area contributed by atoms with E-state index >= 15 is 0 Å². The van der Waals surface area contributed by atoms with E-state index in [4.69, 9.17) is 0 Å². The van der Waals surface area contributed by atoms with Gasteiger partial charge in [-0.3, -0.25) is 0 Å². The van der Waals surface area contributed by atoms with Crippen LogP contribution >= 0.6 is 0 Å². The van der Waals surface area contributed by atoms with Crippen molar-refractivity contribution >= 4 is 0 Å². The molecule has 0 aliphatic carbocycles. The van der Waals surface area contributed by atoms with E-state index in [2.05, 4.69) is 60.5 Å². The first-order chi connectivity index (χ1) is 8.31. The molecule has 0 aliphatic rings. The lowest BCUT2D eigenvalue weighted by Crippen LogP contribution is -2.34. The highest BCUT2D eigenvalue weighted by Crippen LogP contribution is 2.23. The summed E-state index contributed by atoms with van der Waals surface area (Å²) in [6.07, 6.45) is 3.43. The van der Waals surface area contributed by atoms with Crippen LogP contribution in [-0.4, -0.2) is 35.2 Å². The number of aromatic nitrogens is 7. The van der Waals surface area contributed by atoms with E-state index in [-0.39, 0.29) is 11.0 Å². The second-order valence-corrected chi connectivity index (χ2v) is 6.09. The summed E-state index contributed by atoms with van der Waals surface area (Å²) in [5.74, 6) is 0. The molecule has 2 aromatic rings. The van der Waals surface area contributed by atoms with E-state index in [0.29, 0.717) is 6.54 Å². The number of hydrogen-bond donors (Lipinski definition) is 0. The van der Waals surface area contributed by atoms with Crippen LogP contribution in [0.1, 0.15) is 40.3 Å². The van der Waals surface area contributed by atoms with Crippen LogP contribution in [-0.2, 0) is 17.5 Å². The second-order valence-electron chi connectivity index (χ2n) is 6.09. The molecular weight excluding hydrogens is 230 g/mol. The first-order valence-electron chi connectivity index (χ1n) is 5.93. The van der Waals surface area contributed by atoms with Gasteiger partial charge in [0.05, 0.1) is 24.0 Å². The van der Waals surface area contributed by atoms with Crippen molar-refractivity contribution in [1.82, 2.24) is 35.2 Å². The zero-order chi connectivity index (χ0) is 13.4. The van der Waals surface area contributed by atoms with Gasteiger partial charge in [-0.2, -0.15) is 0 Å². The molecular formula is C11H19N7. The fraction of sp³-hybridized carbons (Fsp3) is 0.727. The smallest absolute Gasteiger partial charge is 0.138 e. The third-order valence-electron chi connectivity index (χ3n) is 2.89. The van der Waals surface area contributed by atoms with Crippen molar-refractivity contribution in [3.63, 3.8) is 0 Å². The fourth-order valence-corrected chi connectivity index (χ4v) is 1.83. The molecule has 0 spiro atoms. The highest BCUT2D eigenvalue weighted by atomic mass is 15.6. The molecule has 7 heteroatoms. The summed E-state index contributed by atoms with van der Waals surface area (Å²) in [7, 11) is 0. The molecule has 7 nitrogen and oxygen atoms in total. The van der Waals surface area contributed by atoms with Crippen molar-refractivity contribution < 1.29 is 0 Å². The fourth-order valence-electron chi connectivity index (χ4n) is 1.83. The minimum atomic E-state index is -0.253. The molecule has 2 rings (SSSR count). The molecule has 0 saturated heterocycles. The molecule has 2 aromatic heterocycles. The molecule has 0 radical (unpaired) electrons. The van der Waals surface area contributed by atoms with E-state index < -0.39 is 0 Å². The Hall–Kier alpha value is -1.79. The van der Waals surface area contributed by atoms with Gasteiger partial charge in [0.15, 0.2) is 0 Å². The first kappa shape index (κ1) is 12.7. The van der Waals surface area contributed by atoms with E-state index in [9.17, 15) is 0 Å². The predicted molar refractivity (Wildman–Crippen MR) is 65.9 cm³/mol. The summed E-state index contributed by atoms with van der Waals surface area (Å²) >= 11 is 0. The summed E-state index contributed by atoms with van der Waals surface area (Å²) in [5.41, 5.74) is 0.862. The summed E-state index contributed by atoms with van der Waals surface area (Å²) in [6, 6.07) is 0. The number of tetrazole rings is 1. The Morgan fingerprint density at radius 1 is 1.06 bits per heavy atom. The van der Waals surface area contributed by atoms with Crippen LogP contribution in [0.2, 0.25) is 0 Å². The lowest BCUT2D eigenvalue weighted by atomic mass is 9.92. The molecule has 0 saturated carbocycles. The van der Waals surface area contributed by atoms with Gasteiger partial charge in [0, 0.05) is 5.41 Å². The predicted octanol–water partition coefficient (Wildman–Crippen LogP) is 0.997. The van der Waals surface area contributed by atoms with Crippen molar-refractivity contribution in [2.45, 2.75) is 52.1 Å². The van der Waals surface area contributed by atoms with Gasteiger partial charge in [0.1, 0.15) is 6.33 Å². The molecule has 0 aliphatic heterocycles. The molecule has 0 bridgehead atoms. The Morgan fingerprint density at radius 3 is 2.33 bits per heavy atom. The highest BCUT2D eigenvalue weighted by molar-refractivity contribution is 5.08. The maximum atomic E-state index is 4.16. The van der Waals surface area contributed by atoms with Crippen molar-refractivity contribution in [3.05, 3.63) is 18.2 Å². The zero-order valence-electron chi connectivity index (χ0n) is 11.5. The van der Waals surface area contributed by atoms with Crippen LogP contribution in [0.3, 0.4) is 0 Å². The standard InChI is InChI=1S/C11H19N7/c1-10(2,3)9-6-12-15-17(9)7-11(4,5)18-8-13-14-16-18/h6,8H,7H2,1-5H3. The van der Waals surface area contributed by atoms with Gasteiger partial charge in [-0.25, -0.2) is 9.36 Å². The summed E-state index contributed by atoms with van der Waals surface area (Å²) in [4.78, 5) is 0. The summed E-state index contributed by atoms with van der Waals surface area (Å²) in [6.45, 7) is 11.2. The van der Waals surface area contributed by atoms with Crippen molar-refractivity contribution in [1.29, 1.82) is 0 Å². The average Bonchev–Trinajstić information content (AvgIpc) is 2.83. The topological polar surface area (TPSA) is 74.3 Å². The highest BCUT2D eigenvalue weighted by Gasteiger charge is 2.27. The number of rotatable bonds is 3. The Labute approximate surface area is 106 Å². The van der Waals surface area contributed by atoms with E-state index in [1.54, 1.807) is 11.0 Å². The van der Waals surface area contributed by atoms with Gasteiger partial charge in [-0.1, -0.05) is 26.0 Å². The SMILES string of the molecule is CC(C)(C)c1cnnn1CC(C)(C)n1cnnn1. The van der Waals surface area contributed by atoms with Gasteiger partial charge >= 0.3 is 0 Å². The molecule has 0 fully saturated rings. The third-order valence-corrected chi connectivity index (χ3v) is 2.89. The quantitative estimate of drug-likeness (QED) is 0.811. The maximum Gasteiger partial charge on any atom is 0.138 e. The average molecular weight is 249 g/mol. The van der Waals surface area contributed by atoms with Crippen LogP contribution in [0.15, 0.2) is 12.5 Å². The molecule has 18 heavy (non-hydrogen) atoms. The zero-order valence-corrected chi connectivity index (χ0v) is 11.5.